The van der Waals surface area contributed by atoms with Crippen LogP contribution in [0.1, 0.15) is 19.3 Å². The van der Waals surface area contributed by atoms with Crippen molar-refractivity contribution < 1.29 is 165 Å². The third-order valence-electron chi connectivity index (χ3n) is 16.8. The van der Waals surface area contributed by atoms with Crippen LogP contribution in [0.2, 0.25) is 0 Å². The Balaban J connectivity index is 1.73. The number of rotatable bonds is 26. The van der Waals surface area contributed by atoms with Crippen molar-refractivity contribution in [1.82, 2.24) is 10.6 Å². The molecule has 31 atom stereocenters. The van der Waals surface area contributed by atoms with Gasteiger partial charge in [0, 0.05) is 5.92 Å². The van der Waals surface area contributed by atoms with Crippen molar-refractivity contribution in [2.24, 2.45) is 17.4 Å². The molecule has 6 rings (SSSR count). The summed E-state index contributed by atoms with van der Waals surface area (Å²) in [5.41, 5.74) is -2.48. The van der Waals surface area contributed by atoms with Crippen LogP contribution in [0.4, 0.5) is 0 Å². The quantitative estimate of drug-likeness (QED) is 0.0358. The van der Waals surface area contributed by atoms with Crippen molar-refractivity contribution in [2.75, 3.05) is 72.4 Å². The second-order valence-corrected chi connectivity index (χ2v) is 21.5. The number of nitrogens with one attached hydrogen (secondary N) is 2. The Hall–Kier alpha value is -1.48. The maximum atomic E-state index is 12.9. The van der Waals surface area contributed by atoms with E-state index in [-0.39, 0.29) is 32.5 Å². The van der Waals surface area contributed by atoms with Crippen molar-refractivity contribution in [3.63, 3.8) is 0 Å². The standard InChI is InChI=1S/C46H86N4O33/c47-4-1-6-49-8-3-18(43(12-54)34(69)22(60)28(66)40(81-43)78-31-15(9-51)75-37(72)25(63)19(31)57)46(50-7-2-5-48,44(13-55)35(70)23(61)29(67)41(82-44)79-32-16(10-52)76-38(73)26(64)20(32)58)45(14-56)36(71)24(62)30(68)42(83-45)80-33-17(11-53)77-39(74)27(65)21(33)59/h15-42,49-74H,1-14,47-48H2/t15-,16-,17-,18?,19-,20-,21-,22-,23-,24-,25?,26?,27?,28-,29-,30-,31-,32-,33-,34-,35-,36-,37?,38?,39?,40-,41-,42-,43+,44-,45-,46?/m1/s1. The highest BCUT2D eigenvalue weighted by molar-refractivity contribution is 5.32. The van der Waals surface area contributed by atoms with E-state index in [1.807, 2.05) is 0 Å². The zero-order valence-electron chi connectivity index (χ0n) is 44.6. The van der Waals surface area contributed by atoms with Gasteiger partial charge in [-0.25, -0.2) is 0 Å². The molecule has 0 aliphatic carbocycles. The SMILES string of the molecule is NCCCNCCC(C(NCCCN)([C@]1(CO)O[C@@H](O[C@H]2[C@H](O)C(O)C(O)O[C@@H]2CO)[C@H](O)[C@@H](O)[C@H]1O)[C@]1(CO)O[C@@H](O[C@H]2[C@H](O)C(O)C(O)O[C@@H]2CO)[C@H](O)[C@@H](O)[C@H]1O)[C@]1(CO)O[C@@H](O[C@H]2[C@H](O)C(O)C(O)O[C@@H]2CO)[C@H](O)[C@@H](O)[C@H]1O. The van der Waals surface area contributed by atoms with Gasteiger partial charge in [-0.05, 0) is 52.0 Å². The zero-order valence-corrected chi connectivity index (χ0v) is 44.6. The minimum absolute atomic E-state index is 0.00260. The fourth-order valence-corrected chi connectivity index (χ4v) is 12.3. The van der Waals surface area contributed by atoms with Gasteiger partial charge >= 0.3 is 0 Å². The van der Waals surface area contributed by atoms with Crippen LogP contribution < -0.4 is 22.1 Å². The fourth-order valence-electron chi connectivity index (χ4n) is 12.3. The van der Waals surface area contributed by atoms with Crippen molar-refractivity contribution >= 4 is 0 Å². The average Bonchev–Trinajstić information content (AvgIpc) is 2.98. The van der Waals surface area contributed by atoms with Crippen molar-refractivity contribution in [3.8, 4) is 0 Å². The number of aliphatic hydroxyl groups excluding tert-OH is 24. The maximum absolute atomic E-state index is 12.9. The lowest BCUT2D eigenvalue weighted by molar-refractivity contribution is -0.441. The van der Waals surface area contributed by atoms with Gasteiger partial charge < -0.3 is 187 Å². The smallest absolute Gasteiger partial charge is 0.187 e. The molecule has 37 heteroatoms. The molecule has 0 bridgehead atoms. The summed E-state index contributed by atoms with van der Waals surface area (Å²) < 4.78 is 52.8. The maximum Gasteiger partial charge on any atom is 0.187 e. The van der Waals surface area contributed by atoms with Crippen LogP contribution in [0, 0.1) is 5.92 Å². The first kappa shape index (κ1) is 70.6. The number of nitrogens with two attached hydrogens (primary N) is 2. The molecule has 6 saturated heterocycles. The summed E-state index contributed by atoms with van der Waals surface area (Å²) in [6.45, 7) is -10.5. The number of ether oxygens (including phenoxy) is 9. The third kappa shape index (κ3) is 12.7. The first-order valence-electron chi connectivity index (χ1n) is 27.0. The van der Waals surface area contributed by atoms with E-state index >= 15 is 0 Å². The first-order chi connectivity index (χ1) is 39.2. The average molecular weight is 1220 g/mol. The van der Waals surface area contributed by atoms with Crippen molar-refractivity contribution in [1.29, 1.82) is 0 Å². The Morgan fingerprint density at radius 1 is 0.410 bits per heavy atom. The molecular weight excluding hydrogens is 1140 g/mol. The Morgan fingerprint density at radius 3 is 1.10 bits per heavy atom. The van der Waals surface area contributed by atoms with E-state index in [2.05, 4.69) is 10.6 Å². The first-order valence-corrected chi connectivity index (χ1v) is 27.0. The number of hydrogen-bond donors (Lipinski definition) is 28. The van der Waals surface area contributed by atoms with Crippen LogP contribution >= 0.6 is 0 Å². The largest absolute Gasteiger partial charge is 0.394 e. The van der Waals surface area contributed by atoms with E-state index in [4.69, 9.17) is 54.1 Å². The van der Waals surface area contributed by atoms with Crippen LogP contribution in [-0.2, 0) is 42.6 Å². The number of hydrogen-bond acceptors (Lipinski definition) is 37. The molecule has 7 unspecified atom stereocenters. The minimum Gasteiger partial charge on any atom is -0.394 e. The lowest BCUT2D eigenvalue weighted by atomic mass is 9.50. The van der Waals surface area contributed by atoms with E-state index in [0.29, 0.717) is 0 Å². The molecule has 488 valence electrons. The Labute approximate surface area is 472 Å². The van der Waals surface area contributed by atoms with Crippen molar-refractivity contribution in [3.05, 3.63) is 0 Å². The van der Waals surface area contributed by atoms with E-state index in [9.17, 15) is 123 Å². The Bertz CT molecular complexity index is 1890. The molecular formula is C46H86N4O33. The topological polar surface area (TPSA) is 645 Å². The third-order valence-corrected chi connectivity index (χ3v) is 16.8. The van der Waals surface area contributed by atoms with Gasteiger partial charge in [-0.15, -0.1) is 0 Å². The van der Waals surface area contributed by atoms with Gasteiger partial charge in [0.05, 0.1) is 45.2 Å². The normalized spacial score (nSPS) is 49.3. The van der Waals surface area contributed by atoms with Crippen molar-refractivity contribution in [2.45, 2.75) is 208 Å². The van der Waals surface area contributed by atoms with Gasteiger partial charge in [0.15, 0.2) is 37.7 Å². The van der Waals surface area contributed by atoms with Crippen LogP contribution in [0.5, 0.6) is 0 Å². The lowest BCUT2D eigenvalue weighted by Crippen LogP contribution is -2.93. The molecule has 0 saturated carbocycles. The summed E-state index contributed by atoms with van der Waals surface area (Å²) in [6.07, 6.45) is -66.3. The highest BCUT2D eigenvalue weighted by Gasteiger charge is 2.81. The predicted octanol–water partition coefficient (Wildman–Crippen LogP) is -17.4. The second kappa shape index (κ2) is 29.4. The summed E-state index contributed by atoms with van der Waals surface area (Å²) in [5.74, 6) is -2.56. The van der Waals surface area contributed by atoms with Gasteiger partial charge in [-0.2, -0.15) is 0 Å². The second-order valence-electron chi connectivity index (χ2n) is 21.5. The molecule has 0 amide bonds. The molecule has 37 nitrogen and oxygen atoms in total. The molecule has 30 N–H and O–H groups in total. The summed E-state index contributed by atoms with van der Waals surface area (Å²) in [5, 5.41) is 281. The molecule has 6 fully saturated rings. The Morgan fingerprint density at radius 2 is 0.759 bits per heavy atom. The predicted molar refractivity (Wildman–Crippen MR) is 262 cm³/mol. The summed E-state index contributed by atoms with van der Waals surface area (Å²) in [7, 11) is 0. The molecule has 0 aromatic heterocycles. The monoisotopic (exact) mass is 1220 g/mol. The molecule has 6 heterocycles. The van der Waals surface area contributed by atoms with Crippen LogP contribution in [-0.4, -0.2) is 383 Å². The molecule has 0 aromatic rings. The molecule has 6 aliphatic heterocycles. The van der Waals surface area contributed by atoms with E-state index in [1.165, 1.54) is 0 Å². The van der Waals surface area contributed by atoms with Crippen LogP contribution in [0.25, 0.3) is 0 Å². The molecule has 6 aliphatic rings. The zero-order chi connectivity index (χ0) is 61.8. The summed E-state index contributed by atoms with van der Waals surface area (Å²) in [4.78, 5) is 0. The fraction of sp³-hybridized carbons (Fsp3) is 1.00. The van der Waals surface area contributed by atoms with Gasteiger partial charge in [-0.3, -0.25) is 0 Å². The highest BCUT2D eigenvalue weighted by atomic mass is 16.8. The van der Waals surface area contributed by atoms with Gasteiger partial charge in [0.25, 0.3) is 0 Å². The Kier molecular flexibility index (Phi) is 25.0. The molecule has 83 heavy (non-hydrogen) atoms. The van der Waals surface area contributed by atoms with E-state index in [1.54, 1.807) is 0 Å². The lowest BCUT2D eigenvalue weighted by Gasteiger charge is -2.70. The van der Waals surface area contributed by atoms with Crippen LogP contribution in [0.15, 0.2) is 0 Å². The minimum atomic E-state index is -3.66. The molecule has 0 aromatic carbocycles. The van der Waals surface area contributed by atoms with Crippen LogP contribution in [0.3, 0.4) is 0 Å². The molecule has 0 radical (unpaired) electrons. The van der Waals surface area contributed by atoms with E-state index < -0.39 is 253 Å². The number of aliphatic hydroxyl groups is 24. The summed E-state index contributed by atoms with van der Waals surface area (Å²) in [6, 6.07) is 0. The summed E-state index contributed by atoms with van der Waals surface area (Å²) >= 11 is 0. The molecule has 0 spiro atoms. The van der Waals surface area contributed by atoms with Gasteiger partial charge in [0.1, 0.15) is 145 Å². The van der Waals surface area contributed by atoms with Gasteiger partial charge in [0.2, 0.25) is 0 Å². The highest BCUT2D eigenvalue weighted by Crippen LogP contribution is 2.58. The van der Waals surface area contributed by atoms with Gasteiger partial charge in [-0.1, -0.05) is 0 Å². The van der Waals surface area contributed by atoms with E-state index in [0.717, 1.165) is 0 Å².